The zero-order valence-corrected chi connectivity index (χ0v) is 24.5. The number of aliphatic hydroxyl groups is 1. The molecule has 3 fully saturated rings. The van der Waals surface area contributed by atoms with Crippen LogP contribution < -0.4 is 0 Å². The van der Waals surface area contributed by atoms with Gasteiger partial charge >= 0.3 is 5.97 Å². The van der Waals surface area contributed by atoms with Crippen LogP contribution in [0.4, 0.5) is 0 Å². The van der Waals surface area contributed by atoms with E-state index in [1.165, 1.54) is 0 Å². The molecule has 1 spiro atoms. The third kappa shape index (κ3) is 4.86. The van der Waals surface area contributed by atoms with E-state index in [1.54, 1.807) is 38.4 Å². The fraction of sp³-hybridized carbons (Fsp3) is 0.567. The number of carbonyl (C=O) groups is 3. The standard InChI is InChI=1S/C30H39N5O5S/c1-5-8-16-40-29(39)24-23-13-14-30(41-23)25(24)27(37)35(22(17-36)19(4)7-3)26(30)28(38)33(15-6-2)18-34-21-12-10-9-11-20(21)31-32-34/h5-6,9-12,19,22-26,36H,1-2,7-8,13-18H2,3-4H3/t19-,22-,23-,24+,25-,26?,30?/m0/s1. The predicted molar refractivity (Wildman–Crippen MR) is 156 cm³/mol. The van der Waals surface area contributed by atoms with E-state index < -0.39 is 34.6 Å². The minimum absolute atomic E-state index is 0.0539. The van der Waals surface area contributed by atoms with Crippen molar-refractivity contribution in [1.82, 2.24) is 24.8 Å². The molecular formula is C30H39N5O5S. The van der Waals surface area contributed by atoms with Crippen LogP contribution >= 0.6 is 11.8 Å². The lowest BCUT2D eigenvalue weighted by Gasteiger charge is -2.41. The number of aromatic nitrogens is 3. The molecule has 3 saturated heterocycles. The molecule has 11 heteroatoms. The molecule has 7 atom stereocenters. The largest absolute Gasteiger partial charge is 0.465 e. The molecule has 4 heterocycles. The topological polar surface area (TPSA) is 118 Å². The third-order valence-electron chi connectivity index (χ3n) is 9.04. The summed E-state index contributed by atoms with van der Waals surface area (Å²) in [6, 6.07) is 6.13. The van der Waals surface area contributed by atoms with Gasteiger partial charge in [-0.1, -0.05) is 49.8 Å². The average molecular weight is 582 g/mol. The first-order valence-corrected chi connectivity index (χ1v) is 15.3. The Bertz CT molecular complexity index is 1330. The number of carbonyl (C=O) groups excluding carboxylic acids is 3. The van der Waals surface area contributed by atoms with Gasteiger partial charge in [-0.2, -0.15) is 0 Å². The predicted octanol–water partition coefficient (Wildman–Crippen LogP) is 3.02. The second-order valence-corrected chi connectivity index (χ2v) is 12.9. The fourth-order valence-corrected chi connectivity index (χ4v) is 9.07. The number of thioether (sulfide) groups is 1. The van der Waals surface area contributed by atoms with Crippen LogP contribution in [-0.2, 0) is 25.8 Å². The fourth-order valence-electron chi connectivity index (χ4n) is 6.88. The molecule has 2 aromatic rings. The van der Waals surface area contributed by atoms with Crippen molar-refractivity contribution in [2.75, 3.05) is 19.8 Å². The first kappa shape index (κ1) is 29.3. The van der Waals surface area contributed by atoms with Crippen LogP contribution in [0.1, 0.15) is 39.5 Å². The maximum absolute atomic E-state index is 14.7. The van der Waals surface area contributed by atoms with E-state index in [1.807, 2.05) is 38.1 Å². The summed E-state index contributed by atoms with van der Waals surface area (Å²) in [6.45, 7) is 11.8. The Kier molecular flexibility index (Phi) is 8.56. The van der Waals surface area contributed by atoms with Crippen molar-refractivity contribution in [2.45, 2.75) is 68.3 Å². The highest BCUT2D eigenvalue weighted by Crippen LogP contribution is 2.67. The normalized spacial score (nSPS) is 28.0. The van der Waals surface area contributed by atoms with E-state index in [0.717, 1.165) is 23.9 Å². The number of hydrogen-bond donors (Lipinski definition) is 1. The number of hydrogen-bond acceptors (Lipinski definition) is 8. The van der Waals surface area contributed by atoms with Gasteiger partial charge in [0.25, 0.3) is 0 Å². The Morgan fingerprint density at radius 1 is 1.32 bits per heavy atom. The van der Waals surface area contributed by atoms with Gasteiger partial charge in [-0.05, 0) is 37.3 Å². The molecule has 1 aromatic carbocycles. The highest BCUT2D eigenvalue weighted by Gasteiger charge is 2.75. The van der Waals surface area contributed by atoms with E-state index in [9.17, 15) is 19.5 Å². The maximum atomic E-state index is 14.7. The van der Waals surface area contributed by atoms with Crippen LogP contribution in [0.2, 0.25) is 0 Å². The number of para-hydroxylation sites is 1. The van der Waals surface area contributed by atoms with Crippen molar-refractivity contribution < 1.29 is 24.2 Å². The van der Waals surface area contributed by atoms with Crippen LogP contribution in [0.5, 0.6) is 0 Å². The van der Waals surface area contributed by atoms with Crippen LogP contribution in [0.3, 0.4) is 0 Å². The molecule has 2 amide bonds. The van der Waals surface area contributed by atoms with E-state index in [0.29, 0.717) is 12.8 Å². The second kappa shape index (κ2) is 12.0. The number of rotatable bonds is 13. The van der Waals surface area contributed by atoms with Crippen LogP contribution in [0.25, 0.3) is 11.0 Å². The second-order valence-electron chi connectivity index (χ2n) is 11.3. The number of ether oxygens (including phenoxy) is 1. The molecule has 0 radical (unpaired) electrons. The van der Waals surface area contributed by atoms with Crippen LogP contribution in [0.15, 0.2) is 49.6 Å². The smallest absolute Gasteiger partial charge is 0.310 e. The summed E-state index contributed by atoms with van der Waals surface area (Å²) in [5, 5.41) is 19.0. The number of amides is 2. The molecule has 0 saturated carbocycles. The van der Waals surface area contributed by atoms with Crippen LogP contribution in [-0.4, -0.2) is 89.5 Å². The SMILES string of the molecule is C=CCCOC(=O)[C@@H]1[C@@H]2CCC3(S2)C(C(=O)N(CC=C)Cn2nnc4ccccc42)N([C@@H](CO)[C@@H](C)CC)C(=O)[C@H]13. The quantitative estimate of drug-likeness (QED) is 0.218. The van der Waals surface area contributed by atoms with Crippen molar-refractivity contribution in [3.8, 4) is 0 Å². The number of benzene rings is 1. The molecule has 1 N–H and O–H groups in total. The lowest BCUT2D eigenvalue weighted by atomic mass is 9.71. The van der Waals surface area contributed by atoms with E-state index in [4.69, 9.17) is 4.74 Å². The minimum Gasteiger partial charge on any atom is -0.465 e. The van der Waals surface area contributed by atoms with Gasteiger partial charge < -0.3 is 19.6 Å². The molecule has 0 aliphatic carbocycles. The summed E-state index contributed by atoms with van der Waals surface area (Å²) >= 11 is 1.59. The third-order valence-corrected chi connectivity index (χ3v) is 11.0. The Balaban J connectivity index is 1.54. The Morgan fingerprint density at radius 3 is 2.80 bits per heavy atom. The zero-order valence-electron chi connectivity index (χ0n) is 23.7. The van der Waals surface area contributed by atoms with Gasteiger partial charge in [0, 0.05) is 11.8 Å². The summed E-state index contributed by atoms with van der Waals surface area (Å²) in [5.74, 6) is -2.24. The highest BCUT2D eigenvalue weighted by molar-refractivity contribution is 8.02. The summed E-state index contributed by atoms with van der Waals surface area (Å²) < 4.78 is 6.47. The number of aliphatic hydroxyl groups excluding tert-OH is 1. The van der Waals surface area contributed by atoms with Gasteiger partial charge in [0.2, 0.25) is 11.8 Å². The number of esters is 1. The molecule has 41 heavy (non-hydrogen) atoms. The monoisotopic (exact) mass is 581 g/mol. The van der Waals surface area contributed by atoms with E-state index >= 15 is 0 Å². The molecule has 1 aromatic heterocycles. The Morgan fingerprint density at radius 2 is 2.10 bits per heavy atom. The molecule has 10 nitrogen and oxygen atoms in total. The molecular weight excluding hydrogens is 542 g/mol. The highest BCUT2D eigenvalue weighted by atomic mass is 32.2. The first-order valence-electron chi connectivity index (χ1n) is 14.4. The van der Waals surface area contributed by atoms with Crippen molar-refractivity contribution in [3.63, 3.8) is 0 Å². The van der Waals surface area contributed by atoms with Gasteiger partial charge in [-0.25, -0.2) is 4.68 Å². The minimum atomic E-state index is -0.845. The summed E-state index contributed by atoms with van der Waals surface area (Å²) in [6.07, 6.45) is 5.94. The van der Waals surface area contributed by atoms with E-state index in [-0.39, 0.29) is 49.4 Å². The molecule has 2 unspecified atom stereocenters. The van der Waals surface area contributed by atoms with Crippen molar-refractivity contribution in [3.05, 3.63) is 49.6 Å². The summed E-state index contributed by atoms with van der Waals surface area (Å²) in [5.41, 5.74) is 1.51. The molecule has 3 aliphatic heterocycles. The number of nitrogens with zero attached hydrogens (tertiary/aromatic N) is 5. The number of fused-ring (bicyclic) bond motifs is 2. The Hall–Kier alpha value is -3.18. The van der Waals surface area contributed by atoms with E-state index in [2.05, 4.69) is 23.5 Å². The van der Waals surface area contributed by atoms with Crippen molar-refractivity contribution >= 4 is 40.6 Å². The molecule has 5 rings (SSSR count). The van der Waals surface area contributed by atoms with Crippen LogP contribution in [0, 0.1) is 17.8 Å². The molecule has 2 bridgehead atoms. The Labute approximate surface area is 244 Å². The zero-order chi connectivity index (χ0) is 29.3. The van der Waals surface area contributed by atoms with Gasteiger partial charge in [0.05, 0.1) is 41.4 Å². The van der Waals surface area contributed by atoms with Crippen molar-refractivity contribution in [1.29, 1.82) is 0 Å². The van der Waals surface area contributed by atoms with Gasteiger partial charge in [-0.3, -0.25) is 14.4 Å². The van der Waals surface area contributed by atoms with Gasteiger partial charge in [0.15, 0.2) is 0 Å². The maximum Gasteiger partial charge on any atom is 0.310 e. The first-order chi connectivity index (χ1) is 19.8. The molecule has 220 valence electrons. The number of likely N-dealkylation sites (tertiary alicyclic amines) is 1. The van der Waals surface area contributed by atoms with Gasteiger partial charge in [0.1, 0.15) is 18.2 Å². The summed E-state index contributed by atoms with van der Waals surface area (Å²) in [7, 11) is 0. The lowest BCUT2D eigenvalue weighted by Crippen LogP contribution is -2.58. The lowest BCUT2D eigenvalue weighted by molar-refractivity contribution is -0.154. The average Bonchev–Trinajstić information content (AvgIpc) is 3.73. The molecule has 3 aliphatic rings. The van der Waals surface area contributed by atoms with Crippen molar-refractivity contribution in [2.24, 2.45) is 17.8 Å². The van der Waals surface area contributed by atoms with Gasteiger partial charge in [-0.15, -0.1) is 30.0 Å². The summed E-state index contributed by atoms with van der Waals surface area (Å²) in [4.78, 5) is 45.7.